The highest BCUT2D eigenvalue weighted by Crippen LogP contribution is 2.11. The van der Waals surface area contributed by atoms with Crippen molar-refractivity contribution < 1.29 is 14.6 Å². The van der Waals surface area contributed by atoms with E-state index in [2.05, 4.69) is 11.7 Å². The molecule has 0 amide bonds. The van der Waals surface area contributed by atoms with Gasteiger partial charge in [-0.1, -0.05) is 39.0 Å². The Balaban J connectivity index is 3.23. The van der Waals surface area contributed by atoms with Gasteiger partial charge in [-0.05, 0) is 19.3 Å². The van der Waals surface area contributed by atoms with Crippen molar-refractivity contribution in [1.29, 1.82) is 0 Å². The third-order valence-corrected chi connectivity index (χ3v) is 2.79. The van der Waals surface area contributed by atoms with Gasteiger partial charge < -0.3 is 9.84 Å². The molecule has 3 nitrogen and oxygen atoms in total. The molecule has 0 unspecified atom stereocenters. The van der Waals surface area contributed by atoms with Gasteiger partial charge in [0.1, 0.15) is 0 Å². The lowest BCUT2D eigenvalue weighted by atomic mass is 10.0. The number of hydrogen-bond donors (Lipinski definition) is 1. The van der Waals surface area contributed by atoms with Crippen molar-refractivity contribution in [2.75, 3.05) is 7.11 Å². The molecule has 0 spiro atoms. The molecule has 1 N–H and O–H groups in total. The maximum atomic E-state index is 10.8. The first-order chi connectivity index (χ1) is 7.70. The minimum atomic E-state index is -0.186. The van der Waals surface area contributed by atoms with E-state index >= 15 is 0 Å². The van der Waals surface area contributed by atoms with Gasteiger partial charge in [0.15, 0.2) is 0 Å². The van der Waals surface area contributed by atoms with Crippen LogP contribution >= 0.6 is 0 Å². The Kier molecular flexibility index (Phi) is 10.5. The topological polar surface area (TPSA) is 46.5 Å². The lowest BCUT2D eigenvalue weighted by molar-refractivity contribution is -0.140. The second-order valence-corrected chi connectivity index (χ2v) is 4.33. The zero-order valence-electron chi connectivity index (χ0n) is 10.7. The average Bonchev–Trinajstić information content (AvgIpc) is 2.30. The van der Waals surface area contributed by atoms with Crippen LogP contribution in [0.3, 0.4) is 0 Å². The zero-order valence-corrected chi connectivity index (χ0v) is 10.7. The third kappa shape index (κ3) is 9.97. The molecule has 0 aliphatic rings. The molecule has 0 saturated carbocycles. The fraction of sp³-hybridized carbons (Fsp3) is 0.923. The third-order valence-electron chi connectivity index (χ3n) is 2.79. The number of methoxy groups -OCH3 is 1. The van der Waals surface area contributed by atoms with Gasteiger partial charge in [-0.3, -0.25) is 4.79 Å². The summed E-state index contributed by atoms with van der Waals surface area (Å²) in [6, 6.07) is 0. The molecular formula is C13H26O3. The lowest BCUT2D eigenvalue weighted by Gasteiger charge is -2.09. The van der Waals surface area contributed by atoms with Crippen molar-refractivity contribution in [3.63, 3.8) is 0 Å². The molecule has 0 heterocycles. The number of unbranched alkanes of at least 4 members (excludes halogenated alkanes) is 4. The molecule has 16 heavy (non-hydrogen) atoms. The van der Waals surface area contributed by atoms with E-state index in [1.165, 1.54) is 26.4 Å². The van der Waals surface area contributed by atoms with Crippen molar-refractivity contribution in [2.24, 2.45) is 0 Å². The van der Waals surface area contributed by atoms with E-state index in [1.807, 2.05) is 0 Å². The molecule has 0 bridgehead atoms. The Morgan fingerprint density at radius 2 is 1.75 bits per heavy atom. The highest BCUT2D eigenvalue weighted by atomic mass is 16.5. The molecule has 96 valence electrons. The van der Waals surface area contributed by atoms with E-state index < -0.39 is 0 Å². The van der Waals surface area contributed by atoms with Gasteiger partial charge in [0.05, 0.1) is 13.2 Å². The summed E-state index contributed by atoms with van der Waals surface area (Å²) >= 11 is 0. The first-order valence-electron chi connectivity index (χ1n) is 6.45. The molecule has 0 aromatic carbocycles. The first kappa shape index (κ1) is 15.4. The molecule has 1 atom stereocenters. The first-order valence-corrected chi connectivity index (χ1v) is 6.45. The monoisotopic (exact) mass is 230 g/mol. The predicted molar refractivity (Wildman–Crippen MR) is 65.2 cm³/mol. The molecular weight excluding hydrogens is 204 g/mol. The van der Waals surface area contributed by atoms with Gasteiger partial charge in [-0.15, -0.1) is 0 Å². The molecule has 0 aromatic heterocycles. The van der Waals surface area contributed by atoms with Crippen LogP contribution < -0.4 is 0 Å². The summed E-state index contributed by atoms with van der Waals surface area (Å²) in [5.41, 5.74) is 0. The normalized spacial score (nSPS) is 12.4. The maximum absolute atomic E-state index is 10.8. The highest BCUT2D eigenvalue weighted by Gasteiger charge is 2.05. The fourth-order valence-electron chi connectivity index (χ4n) is 1.70. The van der Waals surface area contributed by atoms with Gasteiger partial charge >= 0.3 is 5.97 Å². The average molecular weight is 230 g/mol. The quantitative estimate of drug-likeness (QED) is 0.463. The van der Waals surface area contributed by atoms with Gasteiger partial charge in [-0.2, -0.15) is 0 Å². The van der Waals surface area contributed by atoms with Crippen LogP contribution in [-0.4, -0.2) is 24.3 Å². The second-order valence-electron chi connectivity index (χ2n) is 4.33. The molecule has 0 fully saturated rings. The molecule has 0 saturated heterocycles. The smallest absolute Gasteiger partial charge is 0.305 e. The Labute approximate surface area is 99.2 Å². The lowest BCUT2D eigenvalue weighted by Crippen LogP contribution is -2.07. The van der Waals surface area contributed by atoms with Crippen molar-refractivity contribution in [1.82, 2.24) is 0 Å². The van der Waals surface area contributed by atoms with E-state index in [4.69, 9.17) is 0 Å². The van der Waals surface area contributed by atoms with Crippen LogP contribution in [0.25, 0.3) is 0 Å². The van der Waals surface area contributed by atoms with Crippen LogP contribution in [0.2, 0.25) is 0 Å². The summed E-state index contributed by atoms with van der Waals surface area (Å²) in [5, 5.41) is 9.65. The number of rotatable bonds is 10. The number of carbonyl (C=O) groups excluding carboxylic acids is 1. The molecule has 0 radical (unpaired) electrons. The number of esters is 1. The van der Waals surface area contributed by atoms with Crippen LogP contribution in [0, 0.1) is 0 Å². The minimum absolute atomic E-state index is 0.155. The van der Waals surface area contributed by atoms with Crippen LogP contribution in [0.5, 0.6) is 0 Å². The number of hydrogen-bond acceptors (Lipinski definition) is 3. The Morgan fingerprint density at radius 1 is 1.12 bits per heavy atom. The summed E-state index contributed by atoms with van der Waals surface area (Å²) in [5.74, 6) is -0.155. The number of carbonyl (C=O) groups is 1. The van der Waals surface area contributed by atoms with Gasteiger partial charge in [0.25, 0.3) is 0 Å². The Morgan fingerprint density at radius 3 is 2.31 bits per heavy atom. The number of aliphatic hydroxyl groups is 1. The van der Waals surface area contributed by atoms with E-state index in [9.17, 15) is 9.90 Å². The van der Waals surface area contributed by atoms with Crippen molar-refractivity contribution in [3.8, 4) is 0 Å². The zero-order chi connectivity index (χ0) is 12.2. The maximum Gasteiger partial charge on any atom is 0.305 e. The van der Waals surface area contributed by atoms with E-state index in [0.29, 0.717) is 6.42 Å². The molecule has 0 aliphatic heterocycles. The van der Waals surface area contributed by atoms with Crippen LogP contribution in [-0.2, 0) is 9.53 Å². The summed E-state index contributed by atoms with van der Waals surface area (Å²) in [6.07, 6.45) is 8.55. The van der Waals surface area contributed by atoms with E-state index in [1.54, 1.807) is 0 Å². The molecule has 0 rings (SSSR count). The van der Waals surface area contributed by atoms with Crippen LogP contribution in [0.4, 0.5) is 0 Å². The second kappa shape index (κ2) is 10.9. The van der Waals surface area contributed by atoms with Gasteiger partial charge in [0.2, 0.25) is 0 Å². The molecule has 0 aliphatic carbocycles. The van der Waals surface area contributed by atoms with Crippen molar-refractivity contribution >= 4 is 5.97 Å². The van der Waals surface area contributed by atoms with Gasteiger partial charge in [-0.25, -0.2) is 0 Å². The van der Waals surface area contributed by atoms with Gasteiger partial charge in [0, 0.05) is 6.42 Å². The molecule has 0 aromatic rings. The standard InChI is InChI=1S/C13H26O3/c1-3-4-5-6-9-12(14)10-7-8-11-13(15)16-2/h12,14H,3-11H2,1-2H3/t12-/m0/s1. The number of ether oxygens (including phenoxy) is 1. The van der Waals surface area contributed by atoms with E-state index in [0.717, 1.165) is 32.1 Å². The fourth-order valence-corrected chi connectivity index (χ4v) is 1.70. The van der Waals surface area contributed by atoms with Crippen molar-refractivity contribution in [3.05, 3.63) is 0 Å². The summed E-state index contributed by atoms with van der Waals surface area (Å²) < 4.78 is 4.55. The van der Waals surface area contributed by atoms with Crippen LogP contribution in [0.15, 0.2) is 0 Å². The van der Waals surface area contributed by atoms with E-state index in [-0.39, 0.29) is 12.1 Å². The van der Waals surface area contributed by atoms with Crippen molar-refractivity contribution in [2.45, 2.75) is 70.8 Å². The summed E-state index contributed by atoms with van der Waals surface area (Å²) in [7, 11) is 1.41. The predicted octanol–water partition coefficient (Wildman–Crippen LogP) is 3.05. The Hall–Kier alpha value is -0.570. The summed E-state index contributed by atoms with van der Waals surface area (Å²) in [6.45, 7) is 2.18. The Bertz CT molecular complexity index is 169. The highest BCUT2D eigenvalue weighted by molar-refractivity contribution is 5.68. The minimum Gasteiger partial charge on any atom is -0.469 e. The number of aliphatic hydroxyl groups excluding tert-OH is 1. The van der Waals surface area contributed by atoms with Crippen LogP contribution in [0.1, 0.15) is 64.7 Å². The molecule has 3 heteroatoms. The summed E-state index contributed by atoms with van der Waals surface area (Å²) in [4.78, 5) is 10.8. The largest absolute Gasteiger partial charge is 0.469 e. The SMILES string of the molecule is CCCCCC[C@H](O)CCCCC(=O)OC.